The Morgan fingerprint density at radius 2 is 2.15 bits per heavy atom. The molecule has 0 saturated carbocycles. The Kier molecular flexibility index (Phi) is 4.72. The third-order valence-electron chi connectivity index (χ3n) is 2.90. The van der Waals surface area contributed by atoms with Crippen molar-refractivity contribution in [2.45, 2.75) is 45.6 Å². The van der Waals surface area contributed by atoms with Crippen LogP contribution in [0.15, 0.2) is 9.90 Å². The highest BCUT2D eigenvalue weighted by Crippen LogP contribution is 2.22. The fraction of sp³-hybridized carbons (Fsp3) is 0.615. The molecule has 20 heavy (non-hydrogen) atoms. The number of hydrogen-bond acceptors (Lipinski definition) is 7. The smallest absolute Gasteiger partial charge is 0.226 e. The van der Waals surface area contributed by atoms with Crippen molar-refractivity contribution in [1.29, 1.82) is 0 Å². The predicted octanol–water partition coefficient (Wildman–Crippen LogP) is 2.56. The van der Waals surface area contributed by atoms with Crippen molar-refractivity contribution in [2.75, 3.05) is 12.3 Å². The van der Waals surface area contributed by atoms with Gasteiger partial charge in [-0.25, -0.2) is 4.98 Å². The summed E-state index contributed by atoms with van der Waals surface area (Å²) in [5.41, 5.74) is 6.10. The summed E-state index contributed by atoms with van der Waals surface area (Å²) in [6, 6.07) is 0. The number of aromatic nitrogens is 3. The van der Waals surface area contributed by atoms with Gasteiger partial charge in [-0.05, 0) is 33.6 Å². The molecule has 0 aromatic carbocycles. The number of ether oxygens (including phenoxy) is 1. The molecule has 0 amide bonds. The van der Waals surface area contributed by atoms with Gasteiger partial charge in [0, 0.05) is 18.4 Å². The van der Waals surface area contributed by atoms with E-state index in [9.17, 15) is 0 Å². The summed E-state index contributed by atoms with van der Waals surface area (Å²) in [5, 5.41) is 6.58. The predicted molar refractivity (Wildman–Crippen MR) is 77.5 cm³/mol. The largest absolute Gasteiger partial charge is 0.375 e. The van der Waals surface area contributed by atoms with Crippen LogP contribution < -0.4 is 5.73 Å². The second kappa shape index (κ2) is 6.32. The van der Waals surface area contributed by atoms with E-state index in [0.717, 1.165) is 25.0 Å². The van der Waals surface area contributed by atoms with Crippen LogP contribution in [-0.4, -0.2) is 21.7 Å². The van der Waals surface area contributed by atoms with Gasteiger partial charge >= 0.3 is 0 Å². The summed E-state index contributed by atoms with van der Waals surface area (Å²) >= 11 is 1.46. The van der Waals surface area contributed by atoms with Gasteiger partial charge in [0.05, 0.1) is 5.69 Å². The first-order chi connectivity index (χ1) is 9.51. The molecule has 0 bridgehead atoms. The zero-order chi connectivity index (χ0) is 14.6. The maximum atomic E-state index is 5.60. The van der Waals surface area contributed by atoms with E-state index >= 15 is 0 Å². The highest BCUT2D eigenvalue weighted by molar-refractivity contribution is 7.13. The lowest BCUT2D eigenvalue weighted by atomic mass is 10.1. The Morgan fingerprint density at radius 1 is 1.35 bits per heavy atom. The van der Waals surface area contributed by atoms with E-state index in [-0.39, 0.29) is 0 Å². The number of thiazole rings is 1. The van der Waals surface area contributed by atoms with Crippen LogP contribution in [0.5, 0.6) is 0 Å². The van der Waals surface area contributed by atoms with Crippen LogP contribution in [0.4, 0.5) is 5.13 Å². The fourth-order valence-corrected chi connectivity index (χ4v) is 2.48. The lowest BCUT2D eigenvalue weighted by molar-refractivity contribution is -0.0221. The molecule has 2 N–H and O–H groups in total. The summed E-state index contributed by atoms with van der Waals surface area (Å²) in [6.07, 6.45) is 2.49. The summed E-state index contributed by atoms with van der Waals surface area (Å²) in [6.45, 7) is 6.43. The van der Waals surface area contributed by atoms with Gasteiger partial charge < -0.3 is 15.0 Å². The number of hydrogen-bond donors (Lipinski definition) is 1. The van der Waals surface area contributed by atoms with E-state index in [1.807, 2.05) is 26.2 Å². The molecule has 0 aliphatic rings. The van der Waals surface area contributed by atoms with E-state index in [1.54, 1.807) is 0 Å². The molecule has 0 aliphatic carbocycles. The van der Waals surface area contributed by atoms with Crippen molar-refractivity contribution in [3.8, 4) is 0 Å². The van der Waals surface area contributed by atoms with Gasteiger partial charge in [0.2, 0.25) is 11.7 Å². The molecular weight excluding hydrogens is 276 g/mol. The minimum Gasteiger partial charge on any atom is -0.375 e. The zero-order valence-electron chi connectivity index (χ0n) is 12.0. The first-order valence-corrected chi connectivity index (χ1v) is 7.56. The first kappa shape index (κ1) is 14.9. The van der Waals surface area contributed by atoms with Gasteiger partial charge in [-0.1, -0.05) is 5.16 Å². The van der Waals surface area contributed by atoms with Gasteiger partial charge in [0.25, 0.3) is 0 Å². The Hall–Kier alpha value is -1.47. The Bertz CT molecular complexity index is 550. The molecule has 110 valence electrons. The minimum atomic E-state index is -0.514. The standard InChI is InChI=1S/C13H20N4O2S/c1-4-18-13(2,3)11-16-10(19-17-11)7-5-6-9-8-20-12(14)15-9/h8H,4-7H2,1-3H3,(H2,14,15). The molecule has 0 radical (unpaired) electrons. The third-order valence-corrected chi connectivity index (χ3v) is 3.63. The minimum absolute atomic E-state index is 0.514. The number of rotatable bonds is 7. The molecule has 0 unspecified atom stereocenters. The highest BCUT2D eigenvalue weighted by Gasteiger charge is 2.26. The summed E-state index contributed by atoms with van der Waals surface area (Å²) < 4.78 is 10.9. The lowest BCUT2D eigenvalue weighted by Gasteiger charge is -2.19. The molecule has 0 saturated heterocycles. The molecule has 0 spiro atoms. The number of anilines is 1. The number of aryl methyl sites for hydroxylation is 2. The molecule has 0 fully saturated rings. The van der Waals surface area contributed by atoms with Gasteiger partial charge in [-0.2, -0.15) is 4.98 Å². The summed E-state index contributed by atoms with van der Waals surface area (Å²) in [5.74, 6) is 1.23. The van der Waals surface area contributed by atoms with Crippen LogP contribution >= 0.6 is 11.3 Å². The SMILES string of the molecule is CCOC(C)(C)c1noc(CCCc2csc(N)n2)n1. The molecule has 6 nitrogen and oxygen atoms in total. The molecule has 0 aliphatic heterocycles. The quantitative estimate of drug-likeness (QED) is 0.845. The van der Waals surface area contributed by atoms with E-state index in [2.05, 4.69) is 15.1 Å². The average Bonchev–Trinajstić information content (AvgIpc) is 2.99. The van der Waals surface area contributed by atoms with Crippen molar-refractivity contribution < 1.29 is 9.26 Å². The van der Waals surface area contributed by atoms with Crippen molar-refractivity contribution in [2.24, 2.45) is 0 Å². The Morgan fingerprint density at radius 3 is 2.80 bits per heavy atom. The normalized spacial score (nSPS) is 11.9. The number of nitrogens with two attached hydrogens (primary N) is 1. The maximum Gasteiger partial charge on any atom is 0.226 e. The highest BCUT2D eigenvalue weighted by atomic mass is 32.1. The third kappa shape index (κ3) is 3.77. The number of nitrogen functional groups attached to an aromatic ring is 1. The summed E-state index contributed by atoms with van der Waals surface area (Å²) in [4.78, 5) is 8.61. The van der Waals surface area contributed by atoms with E-state index in [1.165, 1.54) is 11.3 Å². The van der Waals surface area contributed by atoms with Crippen LogP contribution in [0.25, 0.3) is 0 Å². The maximum absolute atomic E-state index is 5.60. The monoisotopic (exact) mass is 296 g/mol. The van der Waals surface area contributed by atoms with Crippen LogP contribution in [0.3, 0.4) is 0 Å². The van der Waals surface area contributed by atoms with Crippen molar-refractivity contribution >= 4 is 16.5 Å². The van der Waals surface area contributed by atoms with Crippen LogP contribution in [-0.2, 0) is 23.2 Å². The molecule has 2 heterocycles. The number of nitrogens with zero attached hydrogens (tertiary/aromatic N) is 3. The van der Waals surface area contributed by atoms with Gasteiger partial charge in [-0.3, -0.25) is 0 Å². The lowest BCUT2D eigenvalue weighted by Crippen LogP contribution is -2.23. The summed E-state index contributed by atoms with van der Waals surface area (Å²) in [7, 11) is 0. The topological polar surface area (TPSA) is 87.1 Å². The van der Waals surface area contributed by atoms with E-state index < -0.39 is 5.60 Å². The van der Waals surface area contributed by atoms with E-state index in [0.29, 0.717) is 23.5 Å². The average molecular weight is 296 g/mol. The van der Waals surface area contributed by atoms with Crippen molar-refractivity contribution in [3.63, 3.8) is 0 Å². The van der Waals surface area contributed by atoms with Gasteiger partial charge in [-0.15, -0.1) is 11.3 Å². The Balaban J connectivity index is 1.86. The fourth-order valence-electron chi connectivity index (χ4n) is 1.88. The first-order valence-electron chi connectivity index (χ1n) is 6.68. The second-order valence-corrected chi connectivity index (χ2v) is 5.88. The Labute approximate surface area is 122 Å². The molecule has 2 rings (SSSR count). The van der Waals surface area contributed by atoms with Gasteiger partial charge in [0.1, 0.15) is 5.60 Å². The molecule has 0 atom stereocenters. The van der Waals surface area contributed by atoms with Crippen molar-refractivity contribution in [3.05, 3.63) is 22.8 Å². The van der Waals surface area contributed by atoms with Gasteiger partial charge in [0.15, 0.2) is 5.13 Å². The van der Waals surface area contributed by atoms with Crippen molar-refractivity contribution in [1.82, 2.24) is 15.1 Å². The van der Waals surface area contributed by atoms with Crippen LogP contribution in [0, 0.1) is 0 Å². The molecule has 2 aromatic rings. The molecule has 7 heteroatoms. The zero-order valence-corrected chi connectivity index (χ0v) is 12.9. The van der Waals surface area contributed by atoms with E-state index in [4.69, 9.17) is 15.0 Å². The second-order valence-electron chi connectivity index (χ2n) is 4.99. The van der Waals surface area contributed by atoms with Crippen LogP contribution in [0.1, 0.15) is 44.6 Å². The van der Waals surface area contributed by atoms with Crippen LogP contribution in [0.2, 0.25) is 0 Å². The molecule has 2 aromatic heterocycles. The molecular formula is C13H20N4O2S.